The molecule has 0 bridgehead atoms. The fourth-order valence-corrected chi connectivity index (χ4v) is 4.26. The van der Waals surface area contributed by atoms with Gasteiger partial charge in [-0.3, -0.25) is 9.69 Å². The van der Waals surface area contributed by atoms with Crippen LogP contribution in [0.15, 0.2) is 21.9 Å². The van der Waals surface area contributed by atoms with E-state index in [1.807, 2.05) is 24.4 Å². The lowest BCUT2D eigenvalue weighted by molar-refractivity contribution is -0.126. The molecule has 1 amide bonds. The quantitative estimate of drug-likeness (QED) is 0.636. The zero-order chi connectivity index (χ0) is 19.1. The average molecular weight is 390 g/mol. The topological polar surface area (TPSA) is 58.4 Å². The number of aromatic nitrogens is 1. The molecule has 5 nitrogen and oxygen atoms in total. The summed E-state index contributed by atoms with van der Waals surface area (Å²) in [6, 6.07) is 4.04. The van der Waals surface area contributed by atoms with E-state index in [4.69, 9.17) is 9.40 Å². The number of piperidine rings is 1. The van der Waals surface area contributed by atoms with Gasteiger partial charge in [0.05, 0.1) is 16.5 Å². The van der Waals surface area contributed by atoms with Gasteiger partial charge in [-0.2, -0.15) is 0 Å². The van der Waals surface area contributed by atoms with E-state index in [2.05, 4.69) is 17.1 Å². The van der Waals surface area contributed by atoms with Gasteiger partial charge in [0, 0.05) is 19.6 Å². The van der Waals surface area contributed by atoms with Gasteiger partial charge >= 0.3 is 0 Å². The molecule has 1 aliphatic heterocycles. The summed E-state index contributed by atoms with van der Waals surface area (Å²) in [5.74, 6) is 1.89. The molecule has 3 heterocycles. The number of hydrogen-bond donors (Lipinski definition) is 1. The minimum Gasteiger partial charge on any atom is -0.440 e. The van der Waals surface area contributed by atoms with Gasteiger partial charge in [-0.1, -0.05) is 32.3 Å². The van der Waals surface area contributed by atoms with Crippen molar-refractivity contribution in [2.24, 2.45) is 5.92 Å². The lowest BCUT2D eigenvalue weighted by Gasteiger charge is -2.31. The average Bonchev–Trinajstić information content (AvgIpc) is 3.32. The maximum Gasteiger partial charge on any atom is 0.236 e. The van der Waals surface area contributed by atoms with Crippen LogP contribution in [0.3, 0.4) is 0 Å². The predicted molar refractivity (Wildman–Crippen MR) is 110 cm³/mol. The lowest BCUT2D eigenvalue weighted by atomic mass is 9.97. The number of rotatable bonds is 9. The van der Waals surface area contributed by atoms with Crippen molar-refractivity contribution in [3.63, 3.8) is 0 Å². The Morgan fingerprint density at radius 3 is 3.07 bits per heavy atom. The van der Waals surface area contributed by atoms with E-state index in [1.54, 1.807) is 11.3 Å². The van der Waals surface area contributed by atoms with Gasteiger partial charge in [0.15, 0.2) is 0 Å². The van der Waals surface area contributed by atoms with E-state index in [-0.39, 0.29) is 11.8 Å². The van der Waals surface area contributed by atoms with Crippen molar-refractivity contribution in [3.8, 4) is 10.8 Å². The number of thiophene rings is 1. The monoisotopic (exact) mass is 389 g/mol. The van der Waals surface area contributed by atoms with Crippen LogP contribution in [0.2, 0.25) is 0 Å². The number of amides is 1. The van der Waals surface area contributed by atoms with Crippen LogP contribution in [0.1, 0.15) is 56.9 Å². The van der Waals surface area contributed by atoms with Crippen molar-refractivity contribution < 1.29 is 9.21 Å². The first-order valence-corrected chi connectivity index (χ1v) is 11.1. The molecule has 1 fully saturated rings. The van der Waals surface area contributed by atoms with E-state index in [9.17, 15) is 4.79 Å². The highest BCUT2D eigenvalue weighted by atomic mass is 32.1. The Balaban J connectivity index is 1.50. The Kier molecular flexibility index (Phi) is 7.47. The molecule has 0 spiro atoms. The zero-order valence-electron chi connectivity index (χ0n) is 16.5. The molecule has 0 aliphatic carbocycles. The fraction of sp³-hybridized carbons (Fsp3) is 0.619. The van der Waals surface area contributed by atoms with Crippen LogP contribution in [0.5, 0.6) is 0 Å². The standard InChI is InChI=1S/C21H31N3O2S/c1-3-4-5-6-11-22-20(25)17-9-7-12-24(14-17)15-18-16(2)26-21(23-18)19-10-8-13-27-19/h8,10,13,17H,3-7,9,11-12,14-15H2,1-2H3,(H,22,25). The molecule has 1 saturated heterocycles. The summed E-state index contributed by atoms with van der Waals surface area (Å²) in [7, 11) is 0. The fourth-order valence-electron chi connectivity index (χ4n) is 3.61. The number of oxazole rings is 1. The molecule has 0 radical (unpaired) electrons. The molecule has 0 aromatic carbocycles. The highest BCUT2D eigenvalue weighted by molar-refractivity contribution is 7.13. The van der Waals surface area contributed by atoms with Gasteiger partial charge in [-0.25, -0.2) is 4.98 Å². The van der Waals surface area contributed by atoms with E-state index in [1.165, 1.54) is 19.3 Å². The van der Waals surface area contributed by atoms with Crippen LogP contribution < -0.4 is 5.32 Å². The lowest BCUT2D eigenvalue weighted by Crippen LogP contribution is -2.43. The highest BCUT2D eigenvalue weighted by Gasteiger charge is 2.26. The van der Waals surface area contributed by atoms with Crippen molar-refractivity contribution in [2.45, 2.75) is 58.9 Å². The van der Waals surface area contributed by atoms with Crippen molar-refractivity contribution in [2.75, 3.05) is 19.6 Å². The molecule has 3 rings (SSSR count). The van der Waals surface area contributed by atoms with Crippen molar-refractivity contribution in [1.29, 1.82) is 0 Å². The van der Waals surface area contributed by atoms with Crippen molar-refractivity contribution in [1.82, 2.24) is 15.2 Å². The number of unbranched alkanes of at least 4 members (excludes halogenated alkanes) is 3. The third-order valence-electron chi connectivity index (χ3n) is 5.20. The Bertz CT molecular complexity index is 711. The first-order chi connectivity index (χ1) is 13.2. The number of carbonyl (C=O) groups is 1. The molecule has 2 aromatic rings. The van der Waals surface area contributed by atoms with Crippen LogP contribution in [0.4, 0.5) is 0 Å². The van der Waals surface area contributed by atoms with Crippen LogP contribution in [-0.4, -0.2) is 35.4 Å². The predicted octanol–water partition coefficient (Wildman–Crippen LogP) is 4.62. The molecule has 1 unspecified atom stereocenters. The number of carbonyl (C=O) groups excluding carboxylic acids is 1. The molecular weight excluding hydrogens is 358 g/mol. The Morgan fingerprint density at radius 2 is 2.30 bits per heavy atom. The third-order valence-corrected chi connectivity index (χ3v) is 6.06. The molecule has 1 atom stereocenters. The van der Waals surface area contributed by atoms with E-state index < -0.39 is 0 Å². The van der Waals surface area contributed by atoms with Gasteiger partial charge in [-0.05, 0) is 44.2 Å². The number of nitrogens with zero attached hydrogens (tertiary/aromatic N) is 2. The summed E-state index contributed by atoms with van der Waals surface area (Å²) >= 11 is 1.64. The zero-order valence-corrected chi connectivity index (χ0v) is 17.3. The summed E-state index contributed by atoms with van der Waals surface area (Å²) in [5, 5.41) is 5.16. The molecule has 2 aromatic heterocycles. The van der Waals surface area contributed by atoms with Gasteiger partial charge < -0.3 is 9.73 Å². The molecule has 27 heavy (non-hydrogen) atoms. The highest BCUT2D eigenvalue weighted by Crippen LogP contribution is 2.27. The first kappa shape index (κ1) is 20.1. The Hall–Kier alpha value is -1.66. The second kappa shape index (κ2) is 10.0. The SMILES string of the molecule is CCCCCCNC(=O)C1CCCN(Cc2nc(-c3cccs3)oc2C)C1. The van der Waals surface area contributed by atoms with E-state index >= 15 is 0 Å². The largest absolute Gasteiger partial charge is 0.440 e. The number of hydrogen-bond acceptors (Lipinski definition) is 5. The second-order valence-corrected chi connectivity index (χ2v) is 8.37. The number of aryl methyl sites for hydroxylation is 1. The summed E-state index contributed by atoms with van der Waals surface area (Å²) in [5.41, 5.74) is 0.985. The number of nitrogens with one attached hydrogen (secondary N) is 1. The molecule has 6 heteroatoms. The molecule has 1 N–H and O–H groups in total. The summed E-state index contributed by atoms with van der Waals surface area (Å²) in [4.78, 5) is 20.6. The van der Waals surface area contributed by atoms with Crippen molar-refractivity contribution in [3.05, 3.63) is 29.0 Å². The van der Waals surface area contributed by atoms with Crippen LogP contribution in [0.25, 0.3) is 10.8 Å². The van der Waals surface area contributed by atoms with Crippen LogP contribution in [0, 0.1) is 12.8 Å². The first-order valence-electron chi connectivity index (χ1n) is 10.2. The smallest absolute Gasteiger partial charge is 0.236 e. The van der Waals surface area contributed by atoms with Crippen LogP contribution >= 0.6 is 11.3 Å². The third kappa shape index (κ3) is 5.66. The maximum atomic E-state index is 12.5. The molecule has 1 aliphatic rings. The summed E-state index contributed by atoms with van der Waals surface area (Å²) < 4.78 is 5.85. The Morgan fingerprint density at radius 1 is 1.41 bits per heavy atom. The van der Waals surface area contributed by atoms with Gasteiger partial charge in [0.1, 0.15) is 5.76 Å². The summed E-state index contributed by atoms with van der Waals surface area (Å²) in [6.45, 7) is 7.56. The van der Waals surface area contributed by atoms with Crippen molar-refractivity contribution >= 4 is 17.2 Å². The van der Waals surface area contributed by atoms with Gasteiger partial charge in [-0.15, -0.1) is 11.3 Å². The molecular formula is C21H31N3O2S. The van der Waals surface area contributed by atoms with E-state index in [0.717, 1.165) is 61.8 Å². The van der Waals surface area contributed by atoms with Gasteiger partial charge in [0.25, 0.3) is 0 Å². The minimum absolute atomic E-state index is 0.0916. The maximum absolute atomic E-state index is 12.5. The minimum atomic E-state index is 0.0916. The molecule has 0 saturated carbocycles. The summed E-state index contributed by atoms with van der Waals surface area (Å²) in [6.07, 6.45) is 6.79. The number of likely N-dealkylation sites (tertiary alicyclic amines) is 1. The normalized spacial score (nSPS) is 17.9. The molecule has 148 valence electrons. The Labute approximate surface area is 166 Å². The van der Waals surface area contributed by atoms with Gasteiger partial charge in [0.2, 0.25) is 11.8 Å². The second-order valence-electron chi connectivity index (χ2n) is 7.43. The van der Waals surface area contributed by atoms with E-state index in [0.29, 0.717) is 5.89 Å². The van der Waals surface area contributed by atoms with Crippen LogP contribution in [-0.2, 0) is 11.3 Å².